The van der Waals surface area contributed by atoms with Gasteiger partial charge in [-0.25, -0.2) is 19.6 Å². The lowest BCUT2D eigenvalue weighted by molar-refractivity contribution is 0.0592. The first-order valence-electron chi connectivity index (χ1n) is 8.28. The number of aromatic amines is 1. The molecular weight excluding hydrogens is 350 g/mol. The van der Waals surface area contributed by atoms with Crippen molar-refractivity contribution in [3.63, 3.8) is 0 Å². The summed E-state index contributed by atoms with van der Waals surface area (Å²) in [5, 5.41) is 2.69. The van der Waals surface area contributed by atoms with Gasteiger partial charge in [0.15, 0.2) is 17.2 Å². The smallest absolute Gasteiger partial charge is 0.412 e. The van der Waals surface area contributed by atoms with Crippen molar-refractivity contribution in [3.8, 4) is 11.5 Å². The predicted molar refractivity (Wildman–Crippen MR) is 99.5 cm³/mol. The molecule has 0 radical (unpaired) electrons. The molecule has 2 N–H and O–H groups in total. The number of carbonyl (C=O) groups is 2. The summed E-state index contributed by atoms with van der Waals surface area (Å²) in [5.74, 6) is 0.0371. The lowest BCUT2D eigenvalue weighted by atomic mass is 10.2. The number of anilines is 1. The standard InChI is InChI=1S/C18H21N5O4/c1-18(2,3)27-17(25)19-10-8-13(23(4)9-10)15-20-11-6-7-12(16(24)26-5)21-14(11)22-15/h6-9H,1-5H3,(H,19,25)(H,20,21,22). The first-order chi connectivity index (χ1) is 12.7. The van der Waals surface area contributed by atoms with Crippen LogP contribution in [0.2, 0.25) is 0 Å². The predicted octanol–water partition coefficient (Wildman–Crippen LogP) is 3.10. The molecule has 3 rings (SSSR count). The fourth-order valence-electron chi connectivity index (χ4n) is 2.52. The number of aryl methyl sites for hydroxylation is 1. The maximum Gasteiger partial charge on any atom is 0.412 e. The molecule has 0 aromatic carbocycles. The van der Waals surface area contributed by atoms with Crippen molar-refractivity contribution in [2.45, 2.75) is 26.4 Å². The van der Waals surface area contributed by atoms with Crippen molar-refractivity contribution in [3.05, 3.63) is 30.1 Å². The molecule has 0 atom stereocenters. The van der Waals surface area contributed by atoms with Gasteiger partial charge in [-0.1, -0.05) is 0 Å². The third-order valence-corrected chi connectivity index (χ3v) is 3.63. The minimum Gasteiger partial charge on any atom is -0.464 e. The minimum atomic E-state index is -0.580. The number of imidazole rings is 1. The monoisotopic (exact) mass is 371 g/mol. The minimum absolute atomic E-state index is 0.194. The second-order valence-electron chi connectivity index (χ2n) is 6.99. The van der Waals surface area contributed by atoms with Crippen LogP contribution in [0, 0.1) is 0 Å². The number of rotatable bonds is 3. The zero-order valence-electron chi connectivity index (χ0n) is 15.8. The van der Waals surface area contributed by atoms with Gasteiger partial charge < -0.3 is 19.0 Å². The van der Waals surface area contributed by atoms with Crippen molar-refractivity contribution in [1.29, 1.82) is 0 Å². The highest BCUT2D eigenvalue weighted by Crippen LogP contribution is 2.24. The molecule has 0 bridgehead atoms. The summed E-state index contributed by atoms with van der Waals surface area (Å²) in [6.07, 6.45) is 1.22. The van der Waals surface area contributed by atoms with Crippen molar-refractivity contribution in [2.24, 2.45) is 7.05 Å². The van der Waals surface area contributed by atoms with Crippen molar-refractivity contribution in [2.75, 3.05) is 12.4 Å². The summed E-state index contributed by atoms with van der Waals surface area (Å²) >= 11 is 0. The van der Waals surface area contributed by atoms with Gasteiger partial charge in [-0.3, -0.25) is 5.32 Å². The summed E-state index contributed by atoms with van der Waals surface area (Å²) in [6, 6.07) is 5.01. The summed E-state index contributed by atoms with van der Waals surface area (Å²) in [5.41, 5.74) is 2.00. The Hall–Kier alpha value is -3.36. The van der Waals surface area contributed by atoms with Gasteiger partial charge >= 0.3 is 12.1 Å². The molecule has 1 amide bonds. The molecule has 142 valence electrons. The van der Waals surface area contributed by atoms with Gasteiger partial charge in [-0.05, 0) is 39.0 Å². The average Bonchev–Trinajstić information content (AvgIpc) is 3.14. The number of carbonyl (C=O) groups excluding carboxylic acids is 2. The highest BCUT2D eigenvalue weighted by molar-refractivity contribution is 5.90. The molecule has 3 heterocycles. The van der Waals surface area contributed by atoms with Crippen molar-refractivity contribution >= 4 is 28.9 Å². The molecule has 27 heavy (non-hydrogen) atoms. The zero-order valence-corrected chi connectivity index (χ0v) is 15.8. The van der Waals surface area contributed by atoms with Crippen LogP contribution in [-0.2, 0) is 16.5 Å². The van der Waals surface area contributed by atoms with Crippen LogP contribution in [0.25, 0.3) is 22.7 Å². The lowest BCUT2D eigenvalue weighted by Gasteiger charge is -2.19. The Morgan fingerprint density at radius 2 is 1.96 bits per heavy atom. The van der Waals surface area contributed by atoms with Gasteiger partial charge in [0.2, 0.25) is 0 Å². The van der Waals surface area contributed by atoms with Crippen LogP contribution < -0.4 is 5.32 Å². The number of esters is 1. The maximum absolute atomic E-state index is 11.9. The van der Waals surface area contributed by atoms with E-state index < -0.39 is 17.7 Å². The van der Waals surface area contributed by atoms with E-state index in [0.29, 0.717) is 22.7 Å². The molecule has 0 aliphatic rings. The molecule has 0 spiro atoms. The van der Waals surface area contributed by atoms with E-state index in [1.165, 1.54) is 7.11 Å². The second kappa shape index (κ2) is 6.75. The van der Waals surface area contributed by atoms with E-state index in [1.807, 2.05) is 11.6 Å². The van der Waals surface area contributed by atoms with E-state index in [1.54, 1.807) is 45.2 Å². The SMILES string of the molecule is COC(=O)c1ccc2nc(-c3cc(NC(=O)OC(C)(C)C)cn3C)[nH]c2n1. The number of hydrogen-bond donors (Lipinski definition) is 2. The Morgan fingerprint density at radius 1 is 1.22 bits per heavy atom. The molecule has 3 aromatic heterocycles. The first kappa shape index (κ1) is 18.4. The van der Waals surface area contributed by atoms with E-state index in [4.69, 9.17) is 4.74 Å². The van der Waals surface area contributed by atoms with E-state index in [2.05, 4.69) is 25.0 Å². The van der Waals surface area contributed by atoms with Gasteiger partial charge in [0.1, 0.15) is 11.1 Å². The molecule has 0 fully saturated rings. The zero-order chi connectivity index (χ0) is 19.8. The van der Waals surface area contributed by atoms with Crippen molar-refractivity contribution < 1.29 is 19.1 Å². The van der Waals surface area contributed by atoms with Crippen LogP contribution in [0.5, 0.6) is 0 Å². The normalized spacial score (nSPS) is 11.4. The Labute approximate surface area is 155 Å². The van der Waals surface area contributed by atoms with E-state index in [0.717, 1.165) is 5.69 Å². The van der Waals surface area contributed by atoms with Crippen LogP contribution in [0.3, 0.4) is 0 Å². The maximum atomic E-state index is 11.9. The number of nitrogens with zero attached hydrogens (tertiary/aromatic N) is 3. The number of aromatic nitrogens is 4. The fourth-order valence-corrected chi connectivity index (χ4v) is 2.52. The molecule has 3 aromatic rings. The van der Waals surface area contributed by atoms with E-state index in [-0.39, 0.29) is 5.69 Å². The van der Waals surface area contributed by atoms with Crippen LogP contribution in [0.1, 0.15) is 31.3 Å². The quantitative estimate of drug-likeness (QED) is 0.685. The average molecular weight is 371 g/mol. The number of ether oxygens (including phenoxy) is 2. The first-order valence-corrected chi connectivity index (χ1v) is 8.28. The van der Waals surface area contributed by atoms with Gasteiger partial charge in [0.25, 0.3) is 0 Å². The van der Waals surface area contributed by atoms with Crippen molar-refractivity contribution in [1.82, 2.24) is 19.5 Å². The molecule has 0 saturated heterocycles. The highest BCUT2D eigenvalue weighted by atomic mass is 16.6. The molecule has 0 unspecified atom stereocenters. The molecule has 9 nitrogen and oxygen atoms in total. The van der Waals surface area contributed by atoms with Crippen LogP contribution in [0.4, 0.5) is 10.5 Å². The summed E-state index contributed by atoms with van der Waals surface area (Å²) in [6.45, 7) is 5.40. The number of nitrogens with one attached hydrogen (secondary N) is 2. The van der Waals surface area contributed by atoms with Crippen LogP contribution in [-0.4, -0.2) is 44.3 Å². The number of methoxy groups -OCH3 is 1. The van der Waals surface area contributed by atoms with Gasteiger partial charge in [-0.15, -0.1) is 0 Å². The largest absolute Gasteiger partial charge is 0.464 e. The third-order valence-electron chi connectivity index (χ3n) is 3.63. The number of H-pyrrole nitrogens is 1. The van der Waals surface area contributed by atoms with Gasteiger partial charge in [0.05, 0.1) is 18.5 Å². The molecule has 0 aliphatic heterocycles. The van der Waals surface area contributed by atoms with E-state index >= 15 is 0 Å². The Morgan fingerprint density at radius 3 is 2.63 bits per heavy atom. The lowest BCUT2D eigenvalue weighted by Crippen LogP contribution is -2.27. The molecule has 0 aliphatic carbocycles. The van der Waals surface area contributed by atoms with Gasteiger partial charge in [-0.2, -0.15) is 0 Å². The second-order valence-corrected chi connectivity index (χ2v) is 6.99. The number of hydrogen-bond acceptors (Lipinski definition) is 6. The van der Waals surface area contributed by atoms with E-state index in [9.17, 15) is 9.59 Å². The molecular formula is C18H21N5O4. The molecule has 9 heteroatoms. The topological polar surface area (TPSA) is 111 Å². The van der Waals surface area contributed by atoms with Crippen LogP contribution in [0.15, 0.2) is 24.4 Å². The number of amides is 1. The highest BCUT2D eigenvalue weighted by Gasteiger charge is 2.18. The van der Waals surface area contributed by atoms with Crippen LogP contribution >= 0.6 is 0 Å². The third kappa shape index (κ3) is 4.08. The number of pyridine rings is 1. The fraction of sp³-hybridized carbons (Fsp3) is 0.333. The summed E-state index contributed by atoms with van der Waals surface area (Å²) < 4.78 is 11.7. The Kier molecular flexibility index (Phi) is 4.61. The Balaban J connectivity index is 1.87. The molecule has 0 saturated carbocycles. The number of fused-ring (bicyclic) bond motifs is 1. The van der Waals surface area contributed by atoms with Gasteiger partial charge in [0, 0.05) is 13.2 Å². The Bertz CT molecular complexity index is 1010. The summed E-state index contributed by atoms with van der Waals surface area (Å²) in [4.78, 5) is 35.3. The summed E-state index contributed by atoms with van der Waals surface area (Å²) in [7, 11) is 3.13.